The molecule has 0 fully saturated rings. The zero-order valence-corrected chi connectivity index (χ0v) is 10.5. The van der Waals surface area contributed by atoms with E-state index in [-0.39, 0.29) is 5.91 Å². The standard InChI is InChI=1S/C14H14N2O3/c1-9(17)16-12-4-2-3-11(14(15)18)13(12)10-5-7-19-8-6-10/h2-7H,8H2,1H3,(H2,15,18)(H,16,17). The van der Waals surface area contributed by atoms with Crippen LogP contribution in [0.5, 0.6) is 0 Å². The lowest BCUT2D eigenvalue weighted by Gasteiger charge is -2.16. The average Bonchev–Trinajstić information content (AvgIpc) is 2.38. The first kappa shape index (κ1) is 12.9. The van der Waals surface area contributed by atoms with Gasteiger partial charge in [-0.3, -0.25) is 9.59 Å². The van der Waals surface area contributed by atoms with Crippen molar-refractivity contribution in [2.24, 2.45) is 5.73 Å². The molecule has 1 heterocycles. The van der Waals surface area contributed by atoms with Crippen LogP contribution in [0.25, 0.3) is 5.57 Å². The fourth-order valence-electron chi connectivity index (χ4n) is 1.93. The van der Waals surface area contributed by atoms with Crippen molar-refractivity contribution in [3.8, 4) is 0 Å². The van der Waals surface area contributed by atoms with Crippen molar-refractivity contribution in [2.75, 3.05) is 11.9 Å². The molecule has 0 unspecified atom stereocenters. The van der Waals surface area contributed by atoms with E-state index in [1.54, 1.807) is 30.5 Å². The van der Waals surface area contributed by atoms with Crippen LogP contribution in [0.4, 0.5) is 5.69 Å². The summed E-state index contributed by atoms with van der Waals surface area (Å²) in [7, 11) is 0. The van der Waals surface area contributed by atoms with Crippen molar-refractivity contribution in [2.45, 2.75) is 6.92 Å². The van der Waals surface area contributed by atoms with Crippen LogP contribution in [0.2, 0.25) is 0 Å². The number of carbonyl (C=O) groups excluding carboxylic acids is 2. The largest absolute Gasteiger partial charge is 0.497 e. The highest BCUT2D eigenvalue weighted by Crippen LogP contribution is 2.30. The molecule has 0 bridgehead atoms. The van der Waals surface area contributed by atoms with Crippen molar-refractivity contribution in [3.63, 3.8) is 0 Å². The smallest absolute Gasteiger partial charge is 0.249 e. The molecule has 0 atom stereocenters. The summed E-state index contributed by atoms with van der Waals surface area (Å²) in [5, 5.41) is 2.70. The zero-order chi connectivity index (χ0) is 13.8. The van der Waals surface area contributed by atoms with Gasteiger partial charge >= 0.3 is 0 Å². The monoisotopic (exact) mass is 258 g/mol. The van der Waals surface area contributed by atoms with E-state index in [9.17, 15) is 9.59 Å². The Bertz CT molecular complexity index is 588. The Morgan fingerprint density at radius 1 is 1.37 bits per heavy atom. The Morgan fingerprint density at radius 3 is 2.74 bits per heavy atom. The normalized spacial score (nSPS) is 13.4. The van der Waals surface area contributed by atoms with Crippen LogP contribution in [0, 0.1) is 0 Å². The number of rotatable bonds is 3. The van der Waals surface area contributed by atoms with Gasteiger partial charge in [-0.15, -0.1) is 0 Å². The van der Waals surface area contributed by atoms with Gasteiger partial charge in [-0.2, -0.15) is 0 Å². The van der Waals surface area contributed by atoms with Gasteiger partial charge in [0, 0.05) is 23.7 Å². The highest BCUT2D eigenvalue weighted by molar-refractivity contribution is 6.04. The van der Waals surface area contributed by atoms with E-state index in [1.807, 2.05) is 6.08 Å². The number of nitrogens with two attached hydrogens (primary N) is 1. The fraction of sp³-hybridized carbons (Fsp3) is 0.143. The van der Waals surface area contributed by atoms with E-state index in [0.717, 1.165) is 5.57 Å². The summed E-state index contributed by atoms with van der Waals surface area (Å²) in [5.74, 6) is -0.748. The van der Waals surface area contributed by atoms with E-state index in [4.69, 9.17) is 10.5 Å². The van der Waals surface area contributed by atoms with Crippen molar-refractivity contribution in [1.82, 2.24) is 0 Å². The van der Waals surface area contributed by atoms with Gasteiger partial charge in [-0.05, 0) is 29.9 Å². The second-order valence-corrected chi connectivity index (χ2v) is 4.07. The van der Waals surface area contributed by atoms with Gasteiger partial charge in [0.05, 0.1) is 6.26 Å². The molecule has 0 aromatic heterocycles. The molecule has 0 spiro atoms. The summed E-state index contributed by atoms with van der Waals surface area (Å²) in [5.41, 5.74) is 7.72. The maximum absolute atomic E-state index is 11.5. The molecule has 5 heteroatoms. The minimum absolute atomic E-state index is 0.209. The Hall–Kier alpha value is -2.56. The van der Waals surface area contributed by atoms with Crippen LogP contribution < -0.4 is 11.1 Å². The van der Waals surface area contributed by atoms with Crippen LogP contribution in [-0.4, -0.2) is 18.4 Å². The number of hydrogen-bond acceptors (Lipinski definition) is 3. The predicted molar refractivity (Wildman–Crippen MR) is 72.3 cm³/mol. The number of anilines is 1. The first-order chi connectivity index (χ1) is 9.09. The van der Waals surface area contributed by atoms with Crippen LogP contribution in [0.1, 0.15) is 22.8 Å². The van der Waals surface area contributed by atoms with Crippen molar-refractivity contribution in [3.05, 3.63) is 47.7 Å². The number of ether oxygens (including phenoxy) is 1. The van der Waals surface area contributed by atoms with Crippen molar-refractivity contribution >= 4 is 23.1 Å². The number of nitrogens with one attached hydrogen (secondary N) is 1. The van der Waals surface area contributed by atoms with E-state index < -0.39 is 5.91 Å². The van der Waals surface area contributed by atoms with E-state index in [1.165, 1.54) is 6.92 Å². The lowest BCUT2D eigenvalue weighted by Crippen LogP contribution is -2.16. The molecule has 1 aromatic rings. The minimum atomic E-state index is -0.539. The Kier molecular flexibility index (Phi) is 3.66. The van der Waals surface area contributed by atoms with Gasteiger partial charge in [0.15, 0.2) is 0 Å². The fourth-order valence-corrected chi connectivity index (χ4v) is 1.93. The maximum atomic E-state index is 11.5. The molecule has 0 aliphatic carbocycles. The third-order valence-electron chi connectivity index (χ3n) is 2.67. The number of primary amides is 1. The molecular formula is C14H14N2O3. The van der Waals surface area contributed by atoms with Gasteiger partial charge in [-0.1, -0.05) is 6.07 Å². The van der Waals surface area contributed by atoms with E-state index in [0.29, 0.717) is 23.4 Å². The molecule has 0 saturated carbocycles. The molecule has 98 valence electrons. The lowest BCUT2D eigenvalue weighted by molar-refractivity contribution is -0.114. The van der Waals surface area contributed by atoms with Gasteiger partial charge in [0.2, 0.25) is 11.8 Å². The summed E-state index contributed by atoms with van der Waals surface area (Å²) >= 11 is 0. The highest BCUT2D eigenvalue weighted by Gasteiger charge is 2.16. The Balaban J connectivity index is 2.58. The number of amides is 2. The second-order valence-electron chi connectivity index (χ2n) is 4.07. The molecule has 3 N–H and O–H groups in total. The summed E-state index contributed by atoms with van der Waals surface area (Å²) in [6, 6.07) is 5.04. The molecule has 0 saturated heterocycles. The van der Waals surface area contributed by atoms with Crippen LogP contribution in [0.15, 0.2) is 36.6 Å². The Morgan fingerprint density at radius 2 is 2.16 bits per heavy atom. The Labute approximate surface area is 110 Å². The molecule has 2 rings (SSSR count). The highest BCUT2D eigenvalue weighted by atomic mass is 16.5. The predicted octanol–water partition coefficient (Wildman–Crippen LogP) is 1.67. The van der Waals surface area contributed by atoms with Crippen molar-refractivity contribution in [1.29, 1.82) is 0 Å². The van der Waals surface area contributed by atoms with Crippen LogP contribution >= 0.6 is 0 Å². The zero-order valence-electron chi connectivity index (χ0n) is 10.5. The molecule has 2 amide bonds. The quantitative estimate of drug-likeness (QED) is 0.865. The summed E-state index contributed by atoms with van der Waals surface area (Å²) < 4.78 is 5.08. The van der Waals surface area contributed by atoms with Crippen molar-refractivity contribution < 1.29 is 14.3 Å². The third kappa shape index (κ3) is 2.82. The molecule has 19 heavy (non-hydrogen) atoms. The first-order valence-corrected chi connectivity index (χ1v) is 5.78. The van der Waals surface area contributed by atoms with Gasteiger partial charge in [0.25, 0.3) is 0 Å². The molecule has 1 aliphatic rings. The van der Waals surface area contributed by atoms with Gasteiger partial charge in [0.1, 0.15) is 6.61 Å². The summed E-state index contributed by atoms with van der Waals surface area (Å²) in [4.78, 5) is 22.8. The van der Waals surface area contributed by atoms with E-state index in [2.05, 4.69) is 5.32 Å². The lowest BCUT2D eigenvalue weighted by atomic mass is 9.96. The number of hydrogen-bond donors (Lipinski definition) is 2. The SMILES string of the molecule is CC(=O)Nc1cccc(C(N)=O)c1C1=CCOC=C1. The first-order valence-electron chi connectivity index (χ1n) is 5.78. The number of benzene rings is 1. The average molecular weight is 258 g/mol. The topological polar surface area (TPSA) is 81.4 Å². The van der Waals surface area contributed by atoms with Crippen LogP contribution in [0.3, 0.4) is 0 Å². The molecule has 1 aliphatic heterocycles. The maximum Gasteiger partial charge on any atom is 0.249 e. The summed E-state index contributed by atoms with van der Waals surface area (Å²) in [6.07, 6.45) is 5.11. The van der Waals surface area contributed by atoms with E-state index >= 15 is 0 Å². The molecule has 5 nitrogen and oxygen atoms in total. The number of allylic oxidation sites excluding steroid dienone is 2. The van der Waals surface area contributed by atoms with Gasteiger partial charge in [-0.25, -0.2) is 0 Å². The summed E-state index contributed by atoms with van der Waals surface area (Å²) in [6.45, 7) is 1.83. The molecule has 1 aromatic carbocycles. The second kappa shape index (κ2) is 5.39. The van der Waals surface area contributed by atoms with Gasteiger partial charge < -0.3 is 15.8 Å². The van der Waals surface area contributed by atoms with Crippen LogP contribution in [-0.2, 0) is 9.53 Å². The molecular weight excluding hydrogens is 244 g/mol. The minimum Gasteiger partial charge on any atom is -0.497 e. The third-order valence-corrected chi connectivity index (χ3v) is 2.67. The number of carbonyl (C=O) groups is 2. The molecule has 0 radical (unpaired) electrons.